The van der Waals surface area contributed by atoms with Gasteiger partial charge in [-0.25, -0.2) is 0 Å². The van der Waals surface area contributed by atoms with Gasteiger partial charge in [0.05, 0.1) is 18.8 Å². The van der Waals surface area contributed by atoms with Gasteiger partial charge in [-0.3, -0.25) is 4.79 Å². The highest BCUT2D eigenvalue weighted by Gasteiger charge is 2.16. The molecule has 1 N–H and O–H groups in total. The summed E-state index contributed by atoms with van der Waals surface area (Å²) in [6, 6.07) is 1.99. The lowest BCUT2D eigenvalue weighted by Gasteiger charge is -2.22. The Kier molecular flexibility index (Phi) is 6.64. The van der Waals surface area contributed by atoms with E-state index in [9.17, 15) is 4.79 Å². The van der Waals surface area contributed by atoms with Crippen LogP contribution in [0, 0.1) is 17.2 Å². The minimum absolute atomic E-state index is 0.178. The lowest BCUT2D eigenvalue weighted by atomic mass is 9.98. The van der Waals surface area contributed by atoms with Crippen LogP contribution in [0.4, 0.5) is 0 Å². The van der Waals surface area contributed by atoms with Crippen LogP contribution in [-0.4, -0.2) is 25.2 Å². The van der Waals surface area contributed by atoms with Gasteiger partial charge in [-0.2, -0.15) is 5.26 Å². The molecule has 0 aromatic heterocycles. The number of nitrogens with zero attached hydrogens (tertiary/aromatic N) is 1. The van der Waals surface area contributed by atoms with Crippen LogP contribution in [0.5, 0.6) is 0 Å². The van der Waals surface area contributed by atoms with Crippen molar-refractivity contribution in [2.75, 3.05) is 13.2 Å². The van der Waals surface area contributed by atoms with E-state index in [1.165, 1.54) is 19.3 Å². The summed E-state index contributed by atoms with van der Waals surface area (Å²) < 4.78 is 5.68. The largest absolute Gasteiger partial charge is 0.376 e. The Morgan fingerprint density at radius 1 is 1.47 bits per heavy atom. The van der Waals surface area contributed by atoms with Crippen LogP contribution in [0.15, 0.2) is 0 Å². The lowest BCUT2D eigenvalue weighted by molar-refractivity contribution is -0.123. The van der Waals surface area contributed by atoms with Crippen molar-refractivity contribution < 1.29 is 9.53 Å². The van der Waals surface area contributed by atoms with Crippen molar-refractivity contribution in [1.29, 1.82) is 5.26 Å². The van der Waals surface area contributed by atoms with Crippen LogP contribution in [0.25, 0.3) is 0 Å². The van der Waals surface area contributed by atoms with Crippen LogP contribution in [0.1, 0.15) is 45.4 Å². The second-order valence-corrected chi connectivity index (χ2v) is 4.51. The first kappa shape index (κ1) is 14.0. The van der Waals surface area contributed by atoms with Crippen LogP contribution in [-0.2, 0) is 9.53 Å². The first-order chi connectivity index (χ1) is 8.27. The Morgan fingerprint density at radius 3 is 2.76 bits per heavy atom. The summed E-state index contributed by atoms with van der Waals surface area (Å²) >= 11 is 0. The van der Waals surface area contributed by atoms with Gasteiger partial charge < -0.3 is 10.1 Å². The summed E-state index contributed by atoms with van der Waals surface area (Å²) in [7, 11) is 0. The average Bonchev–Trinajstić information content (AvgIpc) is 2.37. The van der Waals surface area contributed by atoms with E-state index >= 15 is 0 Å². The van der Waals surface area contributed by atoms with Crippen molar-refractivity contribution in [3.05, 3.63) is 0 Å². The highest BCUT2D eigenvalue weighted by Crippen LogP contribution is 2.19. The summed E-state index contributed by atoms with van der Waals surface area (Å²) in [5.74, 6) is -0.702. The highest BCUT2D eigenvalue weighted by atomic mass is 16.5. The Hall–Kier alpha value is -1.08. The second-order valence-electron chi connectivity index (χ2n) is 4.51. The number of carbonyl (C=O) groups excluding carboxylic acids is 1. The molecule has 1 aliphatic carbocycles. The summed E-state index contributed by atoms with van der Waals surface area (Å²) in [5, 5.41) is 11.5. The van der Waals surface area contributed by atoms with Gasteiger partial charge >= 0.3 is 0 Å². The fourth-order valence-electron chi connectivity index (χ4n) is 2.09. The molecule has 1 fully saturated rings. The fourth-order valence-corrected chi connectivity index (χ4v) is 2.09. The number of amides is 1. The monoisotopic (exact) mass is 238 g/mol. The summed E-state index contributed by atoms with van der Waals surface area (Å²) in [4.78, 5) is 11.5. The summed E-state index contributed by atoms with van der Waals surface area (Å²) in [6.45, 7) is 2.90. The molecule has 0 aromatic rings. The molecule has 1 unspecified atom stereocenters. The molecule has 1 aliphatic rings. The van der Waals surface area contributed by atoms with Crippen LogP contribution in [0.3, 0.4) is 0 Å². The number of hydrogen-bond donors (Lipinski definition) is 1. The Labute approximate surface area is 103 Å². The van der Waals surface area contributed by atoms with E-state index in [-0.39, 0.29) is 5.91 Å². The maximum Gasteiger partial charge on any atom is 0.237 e. The molecule has 0 heterocycles. The molecule has 0 spiro atoms. The van der Waals surface area contributed by atoms with Crippen molar-refractivity contribution in [3.8, 4) is 6.07 Å². The SMILES string of the molecule is CCC(C#N)C(=O)NCCOC1CCCCC1. The first-order valence-corrected chi connectivity index (χ1v) is 6.56. The zero-order chi connectivity index (χ0) is 12.5. The van der Waals surface area contributed by atoms with E-state index in [1.54, 1.807) is 0 Å². The molecule has 4 nitrogen and oxygen atoms in total. The molecule has 17 heavy (non-hydrogen) atoms. The van der Waals surface area contributed by atoms with Crippen molar-refractivity contribution in [2.45, 2.75) is 51.6 Å². The third kappa shape index (κ3) is 5.18. The molecular weight excluding hydrogens is 216 g/mol. The van der Waals surface area contributed by atoms with Gasteiger partial charge in [0.25, 0.3) is 0 Å². The number of ether oxygens (including phenoxy) is 1. The minimum atomic E-state index is -0.523. The van der Waals surface area contributed by atoms with E-state index in [0.29, 0.717) is 25.7 Å². The molecule has 96 valence electrons. The Bertz CT molecular complexity index is 267. The predicted molar refractivity (Wildman–Crippen MR) is 65.2 cm³/mol. The van der Waals surface area contributed by atoms with Crippen molar-refractivity contribution in [2.24, 2.45) is 5.92 Å². The summed E-state index contributed by atoms with van der Waals surface area (Å²) in [6.07, 6.45) is 7.04. The quantitative estimate of drug-likeness (QED) is 0.720. The number of nitrogens with one attached hydrogen (secondary N) is 1. The highest BCUT2D eigenvalue weighted by molar-refractivity contribution is 5.80. The van der Waals surface area contributed by atoms with Gasteiger partial charge in [0.15, 0.2) is 0 Å². The van der Waals surface area contributed by atoms with E-state index in [4.69, 9.17) is 10.00 Å². The summed E-state index contributed by atoms with van der Waals surface area (Å²) in [5.41, 5.74) is 0. The predicted octanol–water partition coefficient (Wildman–Crippen LogP) is 2.00. The van der Waals surface area contributed by atoms with E-state index in [0.717, 1.165) is 12.8 Å². The van der Waals surface area contributed by atoms with E-state index in [1.807, 2.05) is 13.0 Å². The lowest BCUT2D eigenvalue weighted by Crippen LogP contribution is -2.33. The molecule has 0 saturated heterocycles. The zero-order valence-corrected chi connectivity index (χ0v) is 10.6. The van der Waals surface area contributed by atoms with Crippen LogP contribution < -0.4 is 5.32 Å². The number of hydrogen-bond acceptors (Lipinski definition) is 3. The Morgan fingerprint density at radius 2 is 2.18 bits per heavy atom. The topological polar surface area (TPSA) is 62.1 Å². The smallest absolute Gasteiger partial charge is 0.237 e. The van der Waals surface area contributed by atoms with Crippen LogP contribution in [0.2, 0.25) is 0 Å². The maximum atomic E-state index is 11.5. The fraction of sp³-hybridized carbons (Fsp3) is 0.846. The van der Waals surface area contributed by atoms with Crippen LogP contribution >= 0.6 is 0 Å². The molecule has 0 aliphatic heterocycles. The number of rotatable bonds is 6. The molecule has 1 saturated carbocycles. The molecular formula is C13H22N2O2. The first-order valence-electron chi connectivity index (χ1n) is 6.56. The maximum absolute atomic E-state index is 11.5. The van der Waals surface area contributed by atoms with Crippen molar-refractivity contribution in [1.82, 2.24) is 5.32 Å². The van der Waals surface area contributed by atoms with Crippen molar-refractivity contribution in [3.63, 3.8) is 0 Å². The zero-order valence-electron chi connectivity index (χ0n) is 10.6. The van der Waals surface area contributed by atoms with Gasteiger partial charge in [0.1, 0.15) is 5.92 Å². The molecule has 0 bridgehead atoms. The minimum Gasteiger partial charge on any atom is -0.376 e. The third-order valence-electron chi connectivity index (χ3n) is 3.19. The number of carbonyl (C=O) groups is 1. The molecule has 4 heteroatoms. The molecule has 0 radical (unpaired) electrons. The second kappa shape index (κ2) is 8.08. The molecule has 1 atom stereocenters. The standard InChI is InChI=1S/C13H22N2O2/c1-2-11(10-14)13(16)15-8-9-17-12-6-4-3-5-7-12/h11-12H,2-9H2,1H3,(H,15,16). The van der Waals surface area contributed by atoms with Gasteiger partial charge in [-0.1, -0.05) is 26.2 Å². The van der Waals surface area contributed by atoms with Gasteiger partial charge in [-0.05, 0) is 19.3 Å². The third-order valence-corrected chi connectivity index (χ3v) is 3.19. The normalized spacial score (nSPS) is 18.4. The van der Waals surface area contributed by atoms with E-state index in [2.05, 4.69) is 5.32 Å². The van der Waals surface area contributed by atoms with Gasteiger partial charge in [-0.15, -0.1) is 0 Å². The van der Waals surface area contributed by atoms with Gasteiger partial charge in [0, 0.05) is 6.54 Å². The van der Waals surface area contributed by atoms with E-state index < -0.39 is 5.92 Å². The van der Waals surface area contributed by atoms with Gasteiger partial charge in [0.2, 0.25) is 5.91 Å². The molecule has 1 rings (SSSR count). The molecule has 1 amide bonds. The molecule has 0 aromatic carbocycles. The Balaban J connectivity index is 2.07. The number of nitriles is 1. The average molecular weight is 238 g/mol. The van der Waals surface area contributed by atoms with Crippen molar-refractivity contribution >= 4 is 5.91 Å².